The standard InChI is InChI=1S/C20H25N7O/c1-2-25-11-13-26(14-12-25)10-9-22-20(28)16-5-3-6-17(15-16)27-19-18(23-24-27)7-4-8-21-19/h3-8,15H,2,9-14H2,1H3,(H,22,28). The van der Waals surface area contributed by atoms with Crippen LogP contribution in [0.3, 0.4) is 0 Å². The number of fused-ring (bicyclic) bond motifs is 1. The second-order valence-corrected chi connectivity index (χ2v) is 6.93. The number of pyridine rings is 1. The molecule has 0 radical (unpaired) electrons. The molecular formula is C20H25N7O. The fraction of sp³-hybridized carbons (Fsp3) is 0.400. The van der Waals surface area contributed by atoms with Gasteiger partial charge in [0.05, 0.1) is 5.69 Å². The lowest BCUT2D eigenvalue weighted by Gasteiger charge is -2.33. The number of hydrogen-bond acceptors (Lipinski definition) is 6. The van der Waals surface area contributed by atoms with Gasteiger partial charge in [0.25, 0.3) is 5.91 Å². The molecule has 1 N–H and O–H groups in total. The van der Waals surface area contributed by atoms with E-state index in [0.717, 1.165) is 50.5 Å². The molecule has 3 aromatic rings. The van der Waals surface area contributed by atoms with E-state index in [2.05, 4.69) is 37.3 Å². The summed E-state index contributed by atoms with van der Waals surface area (Å²) in [7, 11) is 0. The first kappa shape index (κ1) is 18.5. The number of hydrogen-bond donors (Lipinski definition) is 1. The van der Waals surface area contributed by atoms with Crippen molar-refractivity contribution < 1.29 is 4.79 Å². The smallest absolute Gasteiger partial charge is 0.251 e. The predicted molar refractivity (Wildman–Crippen MR) is 108 cm³/mol. The van der Waals surface area contributed by atoms with Crippen LogP contribution in [-0.4, -0.2) is 81.5 Å². The van der Waals surface area contributed by atoms with E-state index >= 15 is 0 Å². The van der Waals surface area contributed by atoms with Crippen LogP contribution in [0, 0.1) is 0 Å². The highest BCUT2D eigenvalue weighted by atomic mass is 16.1. The quantitative estimate of drug-likeness (QED) is 0.693. The molecule has 1 amide bonds. The fourth-order valence-corrected chi connectivity index (χ4v) is 3.48. The Morgan fingerprint density at radius 2 is 1.93 bits per heavy atom. The molecule has 8 nitrogen and oxygen atoms in total. The summed E-state index contributed by atoms with van der Waals surface area (Å²) in [6.07, 6.45) is 1.71. The summed E-state index contributed by atoms with van der Waals surface area (Å²) in [4.78, 5) is 21.8. The molecule has 28 heavy (non-hydrogen) atoms. The Labute approximate surface area is 164 Å². The zero-order valence-electron chi connectivity index (χ0n) is 16.1. The molecule has 3 heterocycles. The molecule has 0 bridgehead atoms. The van der Waals surface area contributed by atoms with E-state index in [1.165, 1.54) is 0 Å². The number of benzene rings is 1. The van der Waals surface area contributed by atoms with E-state index in [1.807, 2.05) is 36.4 Å². The second-order valence-electron chi connectivity index (χ2n) is 6.93. The number of aromatic nitrogens is 4. The Kier molecular flexibility index (Phi) is 5.59. The molecule has 4 rings (SSSR count). The average Bonchev–Trinajstić information content (AvgIpc) is 3.18. The number of likely N-dealkylation sites (N-methyl/N-ethyl adjacent to an activating group) is 1. The van der Waals surface area contributed by atoms with E-state index in [-0.39, 0.29) is 5.91 Å². The highest BCUT2D eigenvalue weighted by Gasteiger charge is 2.15. The first-order valence-corrected chi connectivity index (χ1v) is 9.74. The third-order valence-corrected chi connectivity index (χ3v) is 5.19. The molecule has 1 saturated heterocycles. The highest BCUT2D eigenvalue weighted by Crippen LogP contribution is 2.15. The summed E-state index contributed by atoms with van der Waals surface area (Å²) in [6.45, 7) is 9.15. The molecule has 2 aromatic heterocycles. The molecule has 146 valence electrons. The molecule has 1 fully saturated rings. The van der Waals surface area contributed by atoms with Crippen molar-refractivity contribution in [3.8, 4) is 5.69 Å². The number of nitrogens with one attached hydrogen (secondary N) is 1. The SMILES string of the molecule is CCN1CCN(CCNC(=O)c2cccc(-n3nnc4cccnc43)c2)CC1. The molecular weight excluding hydrogens is 354 g/mol. The number of carbonyl (C=O) groups is 1. The fourth-order valence-electron chi connectivity index (χ4n) is 3.48. The van der Waals surface area contributed by atoms with Crippen LogP contribution in [-0.2, 0) is 0 Å². The van der Waals surface area contributed by atoms with Crippen LogP contribution in [0.15, 0.2) is 42.6 Å². The van der Waals surface area contributed by atoms with Gasteiger partial charge < -0.3 is 10.2 Å². The number of nitrogens with zero attached hydrogens (tertiary/aromatic N) is 6. The predicted octanol–water partition coefficient (Wildman–Crippen LogP) is 1.18. The molecule has 0 unspecified atom stereocenters. The van der Waals surface area contributed by atoms with Crippen molar-refractivity contribution in [2.24, 2.45) is 0 Å². The lowest BCUT2D eigenvalue weighted by atomic mass is 10.2. The Morgan fingerprint density at radius 1 is 1.11 bits per heavy atom. The van der Waals surface area contributed by atoms with Gasteiger partial charge in [0, 0.05) is 51.0 Å². The van der Waals surface area contributed by atoms with Crippen molar-refractivity contribution in [2.75, 3.05) is 45.8 Å². The Balaban J connectivity index is 1.37. The monoisotopic (exact) mass is 379 g/mol. The van der Waals surface area contributed by atoms with Crippen molar-refractivity contribution in [1.29, 1.82) is 0 Å². The highest BCUT2D eigenvalue weighted by molar-refractivity contribution is 5.94. The zero-order chi connectivity index (χ0) is 19.3. The Bertz CT molecular complexity index is 946. The van der Waals surface area contributed by atoms with Crippen LogP contribution in [0.4, 0.5) is 0 Å². The summed E-state index contributed by atoms with van der Waals surface area (Å²) in [5.74, 6) is -0.0774. The van der Waals surface area contributed by atoms with Crippen LogP contribution in [0.2, 0.25) is 0 Å². The van der Waals surface area contributed by atoms with Gasteiger partial charge in [-0.15, -0.1) is 5.10 Å². The van der Waals surface area contributed by atoms with Crippen molar-refractivity contribution in [2.45, 2.75) is 6.92 Å². The minimum Gasteiger partial charge on any atom is -0.351 e. The lowest BCUT2D eigenvalue weighted by Crippen LogP contribution is -2.48. The molecule has 1 aromatic carbocycles. The number of carbonyl (C=O) groups excluding carboxylic acids is 1. The largest absolute Gasteiger partial charge is 0.351 e. The van der Waals surface area contributed by atoms with Gasteiger partial charge in [-0.1, -0.05) is 18.2 Å². The van der Waals surface area contributed by atoms with Gasteiger partial charge in [0.2, 0.25) is 0 Å². The van der Waals surface area contributed by atoms with E-state index < -0.39 is 0 Å². The maximum absolute atomic E-state index is 12.6. The van der Waals surface area contributed by atoms with Gasteiger partial charge in [-0.05, 0) is 36.9 Å². The molecule has 0 spiro atoms. The topological polar surface area (TPSA) is 79.2 Å². The summed E-state index contributed by atoms with van der Waals surface area (Å²) >= 11 is 0. The van der Waals surface area contributed by atoms with Gasteiger partial charge in [0.15, 0.2) is 5.65 Å². The van der Waals surface area contributed by atoms with Crippen LogP contribution in [0.25, 0.3) is 16.9 Å². The number of piperazine rings is 1. The van der Waals surface area contributed by atoms with Gasteiger partial charge in [0.1, 0.15) is 5.52 Å². The molecule has 1 aliphatic heterocycles. The first-order chi connectivity index (χ1) is 13.7. The third-order valence-electron chi connectivity index (χ3n) is 5.19. The third kappa shape index (κ3) is 4.02. The molecule has 1 aliphatic rings. The van der Waals surface area contributed by atoms with Crippen LogP contribution in [0.1, 0.15) is 17.3 Å². The van der Waals surface area contributed by atoms with E-state index in [4.69, 9.17) is 0 Å². The maximum atomic E-state index is 12.6. The van der Waals surface area contributed by atoms with Gasteiger partial charge in [-0.25, -0.2) is 4.98 Å². The summed E-state index contributed by atoms with van der Waals surface area (Å²) in [5.41, 5.74) is 2.77. The van der Waals surface area contributed by atoms with Crippen LogP contribution >= 0.6 is 0 Å². The summed E-state index contributed by atoms with van der Waals surface area (Å²) < 4.78 is 1.65. The lowest BCUT2D eigenvalue weighted by molar-refractivity contribution is 0.0938. The van der Waals surface area contributed by atoms with Gasteiger partial charge >= 0.3 is 0 Å². The van der Waals surface area contributed by atoms with Crippen molar-refractivity contribution in [3.63, 3.8) is 0 Å². The van der Waals surface area contributed by atoms with E-state index in [0.29, 0.717) is 17.8 Å². The molecule has 8 heteroatoms. The first-order valence-electron chi connectivity index (χ1n) is 9.74. The summed E-state index contributed by atoms with van der Waals surface area (Å²) in [5, 5.41) is 11.3. The Morgan fingerprint density at radius 3 is 2.75 bits per heavy atom. The van der Waals surface area contributed by atoms with E-state index in [9.17, 15) is 4.79 Å². The van der Waals surface area contributed by atoms with Crippen molar-refractivity contribution in [3.05, 3.63) is 48.2 Å². The van der Waals surface area contributed by atoms with Crippen LogP contribution in [0.5, 0.6) is 0 Å². The van der Waals surface area contributed by atoms with Crippen molar-refractivity contribution >= 4 is 17.1 Å². The minimum absolute atomic E-state index is 0.0774. The van der Waals surface area contributed by atoms with E-state index in [1.54, 1.807) is 10.9 Å². The van der Waals surface area contributed by atoms with Crippen LogP contribution < -0.4 is 5.32 Å². The molecule has 0 aliphatic carbocycles. The molecule has 0 atom stereocenters. The maximum Gasteiger partial charge on any atom is 0.251 e. The average molecular weight is 379 g/mol. The minimum atomic E-state index is -0.0774. The normalized spacial score (nSPS) is 15.8. The van der Waals surface area contributed by atoms with Gasteiger partial charge in [-0.2, -0.15) is 4.68 Å². The van der Waals surface area contributed by atoms with Gasteiger partial charge in [-0.3, -0.25) is 9.69 Å². The second kappa shape index (κ2) is 8.45. The van der Waals surface area contributed by atoms with Crippen molar-refractivity contribution in [1.82, 2.24) is 35.1 Å². The zero-order valence-corrected chi connectivity index (χ0v) is 16.1. The number of rotatable bonds is 6. The number of amides is 1. The Hall–Kier alpha value is -2.84. The summed E-state index contributed by atoms with van der Waals surface area (Å²) in [6, 6.07) is 11.1. The molecule has 0 saturated carbocycles.